The zero-order valence-corrected chi connectivity index (χ0v) is 21.7. The molecule has 38 heavy (non-hydrogen) atoms. The highest BCUT2D eigenvalue weighted by atomic mass is 32.1. The van der Waals surface area contributed by atoms with Gasteiger partial charge in [0.25, 0.3) is 5.89 Å². The zero-order chi connectivity index (χ0) is 27.1. The SMILES string of the molecule is CCOC(=O)C(C)(C)Cn1ccc2cc(-c3noc(-c4cc(-c5ccccc5)c(C(F)(F)F)s4)n3)ccc21. The number of nitrogens with zero attached hydrogens (tertiary/aromatic N) is 3. The van der Waals surface area contributed by atoms with Crippen LogP contribution in [0.5, 0.6) is 0 Å². The van der Waals surface area contributed by atoms with Gasteiger partial charge in [0.1, 0.15) is 4.88 Å². The van der Waals surface area contributed by atoms with Crippen molar-refractivity contribution in [3.8, 4) is 33.3 Å². The Bertz CT molecular complexity index is 1600. The highest BCUT2D eigenvalue weighted by Gasteiger charge is 2.37. The number of carbonyl (C=O) groups excluding carboxylic acids is 1. The third-order valence-corrected chi connectivity index (χ3v) is 7.30. The molecule has 3 aromatic heterocycles. The van der Waals surface area contributed by atoms with Crippen LogP contribution in [0.25, 0.3) is 44.2 Å². The highest BCUT2D eigenvalue weighted by molar-refractivity contribution is 7.16. The Balaban J connectivity index is 1.44. The second kappa shape index (κ2) is 9.75. The molecule has 0 spiro atoms. The standard InChI is InChI=1S/C28H24F3N3O3S/c1-4-36-26(35)27(2,3)16-34-13-12-18-14-19(10-11-21(18)34)24-32-25(37-33-24)22-15-20(17-8-6-5-7-9-17)23(38-22)28(29,30)31/h5-15H,4,16H2,1-3H3. The number of halogens is 3. The lowest BCUT2D eigenvalue weighted by molar-refractivity contribution is -0.154. The summed E-state index contributed by atoms with van der Waals surface area (Å²) in [6, 6.07) is 17.3. The summed E-state index contributed by atoms with van der Waals surface area (Å²) in [5, 5.41) is 4.92. The fourth-order valence-corrected chi connectivity index (χ4v) is 5.24. The number of benzene rings is 2. The number of aromatic nitrogens is 3. The van der Waals surface area contributed by atoms with Crippen LogP contribution >= 0.6 is 11.3 Å². The summed E-state index contributed by atoms with van der Waals surface area (Å²) in [4.78, 5) is 16.2. The van der Waals surface area contributed by atoms with Gasteiger partial charge in [0.15, 0.2) is 0 Å². The van der Waals surface area contributed by atoms with Gasteiger partial charge in [-0.25, -0.2) is 0 Å². The molecule has 10 heteroatoms. The van der Waals surface area contributed by atoms with Gasteiger partial charge in [-0.05, 0) is 56.7 Å². The lowest BCUT2D eigenvalue weighted by atomic mass is 9.93. The molecule has 0 radical (unpaired) electrons. The van der Waals surface area contributed by atoms with Crippen molar-refractivity contribution in [2.24, 2.45) is 5.41 Å². The number of carbonyl (C=O) groups is 1. The molecule has 0 aliphatic rings. The van der Waals surface area contributed by atoms with Crippen molar-refractivity contribution in [2.75, 3.05) is 6.61 Å². The van der Waals surface area contributed by atoms with Crippen LogP contribution in [0.1, 0.15) is 25.6 Å². The molecule has 6 nitrogen and oxygen atoms in total. The van der Waals surface area contributed by atoms with Crippen LogP contribution in [0.4, 0.5) is 13.2 Å². The average Bonchev–Trinajstić information content (AvgIpc) is 3.62. The Hall–Kier alpha value is -3.92. The van der Waals surface area contributed by atoms with Crippen LogP contribution in [0, 0.1) is 5.41 Å². The molecule has 5 rings (SSSR count). The van der Waals surface area contributed by atoms with Gasteiger partial charge in [0.05, 0.1) is 16.9 Å². The summed E-state index contributed by atoms with van der Waals surface area (Å²) in [6.07, 6.45) is -2.62. The second-order valence-corrected chi connectivity index (χ2v) is 10.5. The van der Waals surface area contributed by atoms with E-state index < -0.39 is 16.5 Å². The molecule has 0 saturated heterocycles. The number of rotatable bonds is 7. The number of thiophene rings is 1. The van der Waals surface area contributed by atoms with Gasteiger partial charge in [-0.2, -0.15) is 18.2 Å². The van der Waals surface area contributed by atoms with E-state index in [-0.39, 0.29) is 28.1 Å². The Kier molecular flexibility index (Phi) is 6.60. The van der Waals surface area contributed by atoms with Crippen molar-refractivity contribution in [3.63, 3.8) is 0 Å². The molecular weight excluding hydrogens is 515 g/mol. The molecule has 2 aromatic carbocycles. The Morgan fingerprint density at radius 2 is 1.82 bits per heavy atom. The van der Waals surface area contributed by atoms with E-state index >= 15 is 0 Å². The molecule has 0 N–H and O–H groups in total. The Labute approximate surface area is 220 Å². The maximum absolute atomic E-state index is 13.8. The zero-order valence-electron chi connectivity index (χ0n) is 20.9. The molecule has 0 unspecified atom stereocenters. The molecule has 0 fully saturated rings. The lowest BCUT2D eigenvalue weighted by Gasteiger charge is -2.23. The fourth-order valence-electron chi connectivity index (χ4n) is 4.27. The molecule has 0 bridgehead atoms. The van der Waals surface area contributed by atoms with Crippen LogP contribution in [0.15, 0.2) is 71.4 Å². The van der Waals surface area contributed by atoms with Gasteiger partial charge < -0.3 is 13.8 Å². The summed E-state index contributed by atoms with van der Waals surface area (Å²) in [5.41, 5.74) is 1.40. The van der Waals surface area contributed by atoms with E-state index in [2.05, 4.69) is 10.1 Å². The first kappa shape index (κ1) is 25.7. The van der Waals surface area contributed by atoms with E-state index in [1.54, 1.807) is 37.3 Å². The second-order valence-electron chi connectivity index (χ2n) is 9.46. The van der Waals surface area contributed by atoms with Crippen molar-refractivity contribution in [2.45, 2.75) is 33.5 Å². The number of alkyl halides is 3. The van der Waals surface area contributed by atoms with Crippen LogP contribution in [0.2, 0.25) is 0 Å². The van der Waals surface area contributed by atoms with Gasteiger partial charge >= 0.3 is 12.1 Å². The lowest BCUT2D eigenvalue weighted by Crippen LogP contribution is -2.31. The summed E-state index contributed by atoms with van der Waals surface area (Å²) < 4.78 is 53.9. The minimum atomic E-state index is -4.52. The molecule has 196 valence electrons. The maximum Gasteiger partial charge on any atom is 0.426 e. The average molecular weight is 540 g/mol. The van der Waals surface area contributed by atoms with E-state index in [0.717, 1.165) is 10.9 Å². The summed E-state index contributed by atoms with van der Waals surface area (Å²) in [7, 11) is 0. The molecule has 5 aromatic rings. The molecule has 3 heterocycles. The Morgan fingerprint density at radius 1 is 1.05 bits per heavy atom. The number of fused-ring (bicyclic) bond motifs is 1. The molecule has 0 aliphatic heterocycles. The predicted octanol–water partition coefficient (Wildman–Crippen LogP) is 7.69. The number of esters is 1. The van der Waals surface area contributed by atoms with Crippen molar-refractivity contribution in [1.29, 1.82) is 0 Å². The van der Waals surface area contributed by atoms with E-state index in [1.165, 1.54) is 6.07 Å². The fraction of sp³-hybridized carbons (Fsp3) is 0.250. The number of hydrogen-bond acceptors (Lipinski definition) is 6. The monoisotopic (exact) mass is 539 g/mol. The van der Waals surface area contributed by atoms with Gasteiger partial charge in [-0.15, -0.1) is 11.3 Å². The van der Waals surface area contributed by atoms with Crippen molar-refractivity contribution in [1.82, 2.24) is 14.7 Å². The quantitative estimate of drug-likeness (QED) is 0.198. The third-order valence-electron chi connectivity index (χ3n) is 6.13. The minimum Gasteiger partial charge on any atom is -0.466 e. The van der Waals surface area contributed by atoms with E-state index in [1.807, 2.05) is 48.9 Å². The largest absolute Gasteiger partial charge is 0.466 e. The van der Waals surface area contributed by atoms with Crippen LogP contribution in [-0.4, -0.2) is 27.3 Å². The van der Waals surface area contributed by atoms with Crippen molar-refractivity contribution in [3.05, 3.63) is 71.7 Å². The number of ether oxygens (including phenoxy) is 1. The predicted molar refractivity (Wildman–Crippen MR) is 139 cm³/mol. The highest BCUT2D eigenvalue weighted by Crippen LogP contribution is 2.45. The first-order valence-electron chi connectivity index (χ1n) is 11.9. The Morgan fingerprint density at radius 3 is 2.53 bits per heavy atom. The van der Waals surface area contributed by atoms with Crippen molar-refractivity contribution < 1.29 is 27.2 Å². The maximum atomic E-state index is 13.8. The number of hydrogen-bond donors (Lipinski definition) is 0. The van der Waals surface area contributed by atoms with Crippen LogP contribution < -0.4 is 0 Å². The normalized spacial score (nSPS) is 12.3. The van der Waals surface area contributed by atoms with Gasteiger partial charge in [0.2, 0.25) is 5.82 Å². The van der Waals surface area contributed by atoms with Crippen LogP contribution in [0.3, 0.4) is 0 Å². The van der Waals surface area contributed by atoms with E-state index in [0.29, 0.717) is 35.6 Å². The molecule has 0 amide bonds. The molecular formula is C28H24F3N3O3S. The van der Waals surface area contributed by atoms with Gasteiger partial charge in [-0.3, -0.25) is 4.79 Å². The van der Waals surface area contributed by atoms with Gasteiger partial charge in [-0.1, -0.05) is 35.5 Å². The van der Waals surface area contributed by atoms with E-state index in [4.69, 9.17) is 9.26 Å². The summed E-state index contributed by atoms with van der Waals surface area (Å²) in [6.45, 7) is 6.21. The molecule has 0 saturated carbocycles. The summed E-state index contributed by atoms with van der Waals surface area (Å²) >= 11 is 0.577. The van der Waals surface area contributed by atoms with E-state index in [9.17, 15) is 18.0 Å². The third kappa shape index (κ3) is 4.96. The van der Waals surface area contributed by atoms with Gasteiger partial charge in [0, 0.05) is 34.8 Å². The van der Waals surface area contributed by atoms with Crippen molar-refractivity contribution >= 4 is 28.2 Å². The summed E-state index contributed by atoms with van der Waals surface area (Å²) in [5.74, 6) is 0.0201. The minimum absolute atomic E-state index is 0.0199. The first-order valence-corrected chi connectivity index (χ1v) is 12.8. The molecule has 0 atom stereocenters. The topological polar surface area (TPSA) is 70.2 Å². The smallest absolute Gasteiger partial charge is 0.426 e. The molecule has 0 aliphatic carbocycles. The van der Waals surface area contributed by atoms with Crippen LogP contribution in [-0.2, 0) is 22.3 Å². The first-order chi connectivity index (χ1) is 18.1.